The van der Waals surface area contributed by atoms with Gasteiger partial charge in [0.2, 0.25) is 5.82 Å². The van der Waals surface area contributed by atoms with Gasteiger partial charge < -0.3 is 18.9 Å². The second kappa shape index (κ2) is 14.0. The molecule has 0 unspecified atom stereocenters. The molecule has 0 saturated carbocycles. The van der Waals surface area contributed by atoms with Crippen molar-refractivity contribution in [2.24, 2.45) is 7.05 Å². The molecule has 6 rings (SSSR count). The van der Waals surface area contributed by atoms with Crippen LogP contribution in [0.15, 0.2) is 78.7 Å². The van der Waals surface area contributed by atoms with E-state index in [0.717, 1.165) is 33.7 Å². The van der Waals surface area contributed by atoms with E-state index in [0.29, 0.717) is 48.9 Å². The Labute approximate surface area is 284 Å². The molecule has 0 bridgehead atoms. The van der Waals surface area contributed by atoms with Gasteiger partial charge >= 0.3 is 5.65 Å². The van der Waals surface area contributed by atoms with Crippen LogP contribution in [0, 0.1) is 0 Å². The van der Waals surface area contributed by atoms with Crippen molar-refractivity contribution in [3.63, 3.8) is 0 Å². The molecule has 2 aromatic carbocycles. The van der Waals surface area contributed by atoms with Gasteiger partial charge in [0.15, 0.2) is 17.2 Å². The molecule has 16 heteroatoms. The second-order valence-electron chi connectivity index (χ2n) is 11.7. The van der Waals surface area contributed by atoms with E-state index in [-0.39, 0.29) is 12.8 Å². The lowest BCUT2D eigenvalue weighted by atomic mass is 10.3. The molecule has 0 radical (unpaired) electrons. The number of unbranched alkanes of at least 4 members (excludes halogenated alkanes) is 2. The highest BCUT2D eigenvalue weighted by molar-refractivity contribution is 7.85. The summed E-state index contributed by atoms with van der Waals surface area (Å²) in [5.74, 6) is 2.03. The van der Waals surface area contributed by atoms with Crippen molar-refractivity contribution in [3.05, 3.63) is 84.5 Å². The smallest absolute Gasteiger partial charge is 0.322 e. The Morgan fingerprint density at radius 1 is 0.714 bits per heavy atom. The third-order valence-electron chi connectivity index (χ3n) is 8.22. The summed E-state index contributed by atoms with van der Waals surface area (Å²) < 4.78 is 70.9. The van der Waals surface area contributed by atoms with Crippen molar-refractivity contribution in [3.8, 4) is 0 Å². The van der Waals surface area contributed by atoms with E-state index in [1.807, 2.05) is 112 Å². The molecule has 1 aliphatic rings. The minimum absolute atomic E-state index is 0.227. The van der Waals surface area contributed by atoms with Crippen LogP contribution < -0.4 is 14.4 Å². The summed E-state index contributed by atoms with van der Waals surface area (Å²) in [4.78, 5) is 23.2. The van der Waals surface area contributed by atoms with Gasteiger partial charge in [-0.3, -0.25) is 0 Å². The Balaban J connectivity index is 1.29. The summed E-state index contributed by atoms with van der Waals surface area (Å²) in [6, 6.07) is 15.1. The Kier molecular flexibility index (Phi) is 9.74. The first-order valence-electron chi connectivity index (χ1n) is 15.7. The van der Waals surface area contributed by atoms with Gasteiger partial charge in [0.25, 0.3) is 5.65 Å². The summed E-state index contributed by atoms with van der Waals surface area (Å²) in [6.07, 6.45) is 10.8. The molecule has 1 aliphatic heterocycles. The summed E-state index contributed by atoms with van der Waals surface area (Å²) in [5, 5.41) is 0. The number of rotatable bonds is 13. The van der Waals surface area contributed by atoms with E-state index >= 15 is 0 Å². The van der Waals surface area contributed by atoms with Crippen LogP contribution in [-0.2, 0) is 33.8 Å². The number of anilines is 2. The standard InChI is InChI=1S/C33H36N8O6S2/c1-38-28(40(20-10-12-22-48(42,43)44)32-30(38)34-24-14-6-8-16-26(24)36-32)18-4-3-5-19-29-39(2)31-33(37-27-17-9-7-15-25(27)35-31)41(29)21-11-13-23-49(45,46)47/h3-9,14-19H,10-13,20-23H2,1-2H3,(H-,42,43,44,45,46,47)/p-1. The molecule has 5 aromatic rings. The maximum atomic E-state index is 11.2. The average Bonchev–Trinajstić information content (AvgIpc) is 3.46. The fraction of sp³-hybridized carbons (Fsp3) is 0.303. The van der Waals surface area contributed by atoms with Gasteiger partial charge in [0.1, 0.15) is 11.3 Å². The number of hydrogen-bond donors (Lipinski definition) is 0. The normalized spacial score (nSPS) is 14.9. The fourth-order valence-electron chi connectivity index (χ4n) is 5.86. The highest BCUT2D eigenvalue weighted by Crippen LogP contribution is 2.39. The Hall–Kier alpha value is -4.77. The van der Waals surface area contributed by atoms with Crippen molar-refractivity contribution in [2.45, 2.75) is 32.2 Å². The molecule has 49 heavy (non-hydrogen) atoms. The molecular weight excluding hydrogens is 669 g/mol. The molecule has 0 saturated heterocycles. The highest BCUT2D eigenvalue weighted by Gasteiger charge is 2.31. The largest absolute Gasteiger partial charge is 0.748 e. The molecule has 4 heterocycles. The number of para-hydroxylation sites is 4. The summed E-state index contributed by atoms with van der Waals surface area (Å²) >= 11 is 0. The van der Waals surface area contributed by atoms with Crippen molar-refractivity contribution in [1.82, 2.24) is 24.5 Å². The minimum atomic E-state index is -4.30. The average molecular weight is 704 g/mol. The first-order valence-corrected chi connectivity index (χ1v) is 18.9. The minimum Gasteiger partial charge on any atom is -0.748 e. The van der Waals surface area contributed by atoms with Crippen LogP contribution in [0.2, 0.25) is 0 Å². The van der Waals surface area contributed by atoms with Crippen LogP contribution in [0.25, 0.3) is 39.4 Å². The summed E-state index contributed by atoms with van der Waals surface area (Å²) in [5.41, 5.74) is 4.28. The summed E-state index contributed by atoms with van der Waals surface area (Å²) in [6.45, 7) is 0.876. The molecule has 0 aliphatic carbocycles. The number of benzene rings is 2. The van der Waals surface area contributed by atoms with Crippen LogP contribution >= 0.6 is 0 Å². The van der Waals surface area contributed by atoms with Crippen LogP contribution in [0.1, 0.15) is 31.5 Å². The van der Waals surface area contributed by atoms with E-state index in [1.165, 1.54) is 0 Å². The lowest BCUT2D eigenvalue weighted by Gasteiger charge is -2.21. The number of allylic oxidation sites excluding steroid dienone is 4. The molecule has 256 valence electrons. The Bertz CT molecular complexity index is 2350. The van der Waals surface area contributed by atoms with Crippen molar-refractivity contribution in [2.75, 3.05) is 34.9 Å². The van der Waals surface area contributed by atoms with Crippen LogP contribution in [0.5, 0.6) is 0 Å². The van der Waals surface area contributed by atoms with E-state index in [2.05, 4.69) is 0 Å². The van der Waals surface area contributed by atoms with Crippen molar-refractivity contribution >= 4 is 71.3 Å². The lowest BCUT2D eigenvalue weighted by molar-refractivity contribution is -0.649. The third-order valence-corrected chi connectivity index (χ3v) is 9.80. The van der Waals surface area contributed by atoms with Crippen molar-refractivity contribution in [1.29, 1.82) is 0 Å². The molecular formula is C33H35N8O6S2-. The zero-order valence-corrected chi connectivity index (χ0v) is 28.6. The monoisotopic (exact) mass is 703 g/mol. The van der Waals surface area contributed by atoms with E-state index in [4.69, 9.17) is 19.9 Å². The van der Waals surface area contributed by atoms with Crippen LogP contribution in [0.4, 0.5) is 11.6 Å². The number of hydrogen-bond acceptors (Lipinski definition) is 12. The van der Waals surface area contributed by atoms with E-state index < -0.39 is 31.7 Å². The summed E-state index contributed by atoms with van der Waals surface area (Å²) in [7, 11) is -4.83. The predicted molar refractivity (Wildman–Crippen MR) is 185 cm³/mol. The predicted octanol–water partition coefficient (Wildman–Crippen LogP) is 3.37. The molecule has 0 spiro atoms. The van der Waals surface area contributed by atoms with Crippen LogP contribution in [0.3, 0.4) is 0 Å². The quantitative estimate of drug-likeness (QED) is 0.0756. The van der Waals surface area contributed by atoms with Gasteiger partial charge in [-0.2, -0.15) is 0 Å². The molecule has 0 amide bonds. The molecule has 14 nitrogen and oxygen atoms in total. The van der Waals surface area contributed by atoms with Gasteiger partial charge in [-0.25, -0.2) is 40.9 Å². The first kappa shape index (κ1) is 34.1. The molecule has 0 atom stereocenters. The number of fused-ring (bicyclic) bond motifs is 4. The zero-order chi connectivity index (χ0) is 34.8. The fourth-order valence-corrected chi connectivity index (χ4v) is 6.98. The van der Waals surface area contributed by atoms with Crippen LogP contribution in [-0.4, -0.2) is 75.5 Å². The Morgan fingerprint density at radius 2 is 1.27 bits per heavy atom. The highest BCUT2D eigenvalue weighted by atomic mass is 32.2. The molecule has 3 aromatic heterocycles. The lowest BCUT2D eigenvalue weighted by Crippen LogP contribution is -2.31. The van der Waals surface area contributed by atoms with Crippen molar-refractivity contribution < 1.29 is 30.5 Å². The first-order chi connectivity index (χ1) is 23.4. The SMILES string of the molecule is CN1C(=CC=CC=Cc2n(CCCCS(=O)(=O)[O-])c3nc4ccccc4nc3[n+]2C)N(CCCCS(=O)(=O)[O-])c2nc3ccccc3nc21. The van der Waals surface area contributed by atoms with Gasteiger partial charge in [-0.15, -0.1) is 0 Å². The number of imidazole rings is 1. The Morgan fingerprint density at radius 3 is 1.88 bits per heavy atom. The maximum Gasteiger partial charge on any atom is 0.322 e. The molecule has 0 N–H and O–H groups in total. The number of aromatic nitrogens is 6. The number of aryl methyl sites for hydroxylation is 2. The van der Waals surface area contributed by atoms with Gasteiger partial charge in [0, 0.05) is 31.2 Å². The van der Waals surface area contributed by atoms with Gasteiger partial charge in [0.05, 0.1) is 44.9 Å². The van der Waals surface area contributed by atoms with E-state index in [1.54, 1.807) is 0 Å². The zero-order valence-electron chi connectivity index (χ0n) is 27.0. The number of nitrogens with zero attached hydrogens (tertiary/aromatic N) is 8. The second-order valence-corrected chi connectivity index (χ2v) is 14.8. The third kappa shape index (κ3) is 7.77. The van der Waals surface area contributed by atoms with E-state index in [9.17, 15) is 25.9 Å². The van der Waals surface area contributed by atoms with Gasteiger partial charge in [-0.1, -0.05) is 47.5 Å². The molecule has 0 fully saturated rings. The topological polar surface area (TPSA) is 181 Å². The van der Waals surface area contributed by atoms with Gasteiger partial charge in [-0.05, 0) is 56.0 Å². The maximum absolute atomic E-state index is 11.2.